The standard InChI is InChI=1S/C20H30N2O4/c1-7-11-16(21-19(25)26-20(3,4)5)18(24)22(6)14(2)17(23)15-12-9-8-10-13-15/h7-10,12-14,16-17,23H,1,11H2,2-6H3,(H,21,25)/t14-,16+,17+/m0/s1. The Morgan fingerprint density at radius 1 is 1.31 bits per heavy atom. The molecule has 0 heterocycles. The first-order valence-electron chi connectivity index (χ1n) is 8.67. The highest BCUT2D eigenvalue weighted by Gasteiger charge is 2.30. The fraction of sp³-hybridized carbons (Fsp3) is 0.500. The van der Waals surface area contributed by atoms with E-state index in [0.29, 0.717) is 0 Å². The number of nitrogens with zero attached hydrogens (tertiary/aromatic N) is 1. The molecule has 0 fully saturated rings. The molecule has 6 heteroatoms. The first-order chi connectivity index (χ1) is 12.1. The first kappa shape index (κ1) is 21.7. The van der Waals surface area contributed by atoms with Crippen molar-refractivity contribution in [2.45, 2.75) is 57.9 Å². The van der Waals surface area contributed by atoms with E-state index in [0.717, 1.165) is 5.56 Å². The van der Waals surface area contributed by atoms with Crippen LogP contribution in [-0.2, 0) is 9.53 Å². The minimum absolute atomic E-state index is 0.260. The zero-order valence-corrected chi connectivity index (χ0v) is 16.2. The van der Waals surface area contributed by atoms with E-state index in [-0.39, 0.29) is 12.3 Å². The fourth-order valence-electron chi connectivity index (χ4n) is 2.43. The van der Waals surface area contributed by atoms with Crippen molar-refractivity contribution in [2.75, 3.05) is 7.05 Å². The van der Waals surface area contributed by atoms with Crippen LogP contribution >= 0.6 is 0 Å². The molecular formula is C20H30N2O4. The summed E-state index contributed by atoms with van der Waals surface area (Å²) in [5.74, 6) is -0.321. The van der Waals surface area contributed by atoms with Crippen molar-refractivity contribution < 1.29 is 19.4 Å². The van der Waals surface area contributed by atoms with Gasteiger partial charge in [0, 0.05) is 7.05 Å². The second-order valence-electron chi connectivity index (χ2n) is 7.27. The van der Waals surface area contributed by atoms with E-state index in [4.69, 9.17) is 4.74 Å². The van der Waals surface area contributed by atoms with Gasteiger partial charge in [-0.05, 0) is 39.7 Å². The lowest BCUT2D eigenvalue weighted by Gasteiger charge is -2.32. The molecule has 6 nitrogen and oxygen atoms in total. The second kappa shape index (κ2) is 9.38. The molecule has 2 amide bonds. The molecule has 0 bridgehead atoms. The minimum atomic E-state index is -0.837. The molecule has 26 heavy (non-hydrogen) atoms. The van der Waals surface area contributed by atoms with E-state index < -0.39 is 29.9 Å². The lowest BCUT2D eigenvalue weighted by molar-refractivity contribution is -0.136. The Labute approximate surface area is 155 Å². The average Bonchev–Trinajstić information content (AvgIpc) is 2.58. The molecule has 0 saturated carbocycles. The number of amides is 2. The third-order valence-corrected chi connectivity index (χ3v) is 3.95. The fourth-order valence-corrected chi connectivity index (χ4v) is 2.43. The van der Waals surface area contributed by atoms with Gasteiger partial charge in [0.2, 0.25) is 5.91 Å². The molecule has 144 valence electrons. The molecular weight excluding hydrogens is 332 g/mol. The van der Waals surface area contributed by atoms with Crippen molar-refractivity contribution in [3.63, 3.8) is 0 Å². The van der Waals surface area contributed by atoms with Gasteiger partial charge in [0.25, 0.3) is 0 Å². The summed E-state index contributed by atoms with van der Waals surface area (Å²) >= 11 is 0. The van der Waals surface area contributed by atoms with E-state index >= 15 is 0 Å². The maximum absolute atomic E-state index is 12.8. The highest BCUT2D eigenvalue weighted by Crippen LogP contribution is 2.20. The van der Waals surface area contributed by atoms with Gasteiger partial charge in [0.15, 0.2) is 0 Å². The van der Waals surface area contributed by atoms with Crippen molar-refractivity contribution in [1.29, 1.82) is 0 Å². The lowest BCUT2D eigenvalue weighted by Crippen LogP contribution is -2.51. The Morgan fingerprint density at radius 2 is 1.88 bits per heavy atom. The topological polar surface area (TPSA) is 78.9 Å². The molecule has 3 atom stereocenters. The summed E-state index contributed by atoms with van der Waals surface area (Å²) in [6.45, 7) is 10.7. The Balaban J connectivity index is 2.83. The largest absolute Gasteiger partial charge is 0.444 e. The van der Waals surface area contributed by atoms with Gasteiger partial charge in [0.1, 0.15) is 11.6 Å². The van der Waals surface area contributed by atoms with E-state index in [1.165, 1.54) is 4.90 Å². The summed E-state index contributed by atoms with van der Waals surface area (Å²) in [5, 5.41) is 13.1. The summed E-state index contributed by atoms with van der Waals surface area (Å²) in [4.78, 5) is 26.3. The smallest absolute Gasteiger partial charge is 0.408 e. The maximum atomic E-state index is 12.8. The molecule has 1 aromatic rings. The first-order valence-corrected chi connectivity index (χ1v) is 8.67. The summed E-state index contributed by atoms with van der Waals surface area (Å²) in [5.41, 5.74) is 0.0641. The predicted octanol–water partition coefficient (Wildman–Crippen LogP) is 3.04. The highest BCUT2D eigenvalue weighted by atomic mass is 16.6. The highest BCUT2D eigenvalue weighted by molar-refractivity contribution is 5.86. The molecule has 1 aromatic carbocycles. The maximum Gasteiger partial charge on any atom is 0.408 e. The van der Waals surface area contributed by atoms with Gasteiger partial charge < -0.3 is 20.1 Å². The van der Waals surface area contributed by atoms with E-state index in [2.05, 4.69) is 11.9 Å². The van der Waals surface area contributed by atoms with Crippen LogP contribution in [-0.4, -0.2) is 46.7 Å². The van der Waals surface area contributed by atoms with Crippen LogP contribution in [0, 0.1) is 0 Å². The van der Waals surface area contributed by atoms with Crippen molar-refractivity contribution in [3.8, 4) is 0 Å². The number of hydrogen-bond donors (Lipinski definition) is 2. The van der Waals surface area contributed by atoms with Gasteiger partial charge in [-0.2, -0.15) is 0 Å². The zero-order valence-electron chi connectivity index (χ0n) is 16.2. The van der Waals surface area contributed by atoms with E-state index in [1.54, 1.807) is 53.0 Å². The SMILES string of the molecule is C=CC[C@@H](NC(=O)OC(C)(C)C)C(=O)N(C)[C@@H](C)[C@@H](O)c1ccccc1. The van der Waals surface area contributed by atoms with Crippen LogP contribution in [0.1, 0.15) is 45.8 Å². The van der Waals surface area contributed by atoms with Crippen molar-refractivity contribution >= 4 is 12.0 Å². The van der Waals surface area contributed by atoms with Crippen molar-refractivity contribution in [3.05, 3.63) is 48.6 Å². The van der Waals surface area contributed by atoms with E-state index in [1.807, 2.05) is 18.2 Å². The van der Waals surface area contributed by atoms with Gasteiger partial charge in [-0.15, -0.1) is 6.58 Å². The van der Waals surface area contributed by atoms with Gasteiger partial charge in [0.05, 0.1) is 12.1 Å². The molecule has 0 saturated heterocycles. The Kier molecular flexibility index (Phi) is 7.83. The number of alkyl carbamates (subject to hydrolysis) is 1. The number of carbonyl (C=O) groups is 2. The molecule has 0 unspecified atom stereocenters. The molecule has 0 aliphatic rings. The molecule has 1 rings (SSSR count). The Bertz CT molecular complexity index is 610. The summed E-state index contributed by atoms with van der Waals surface area (Å²) in [7, 11) is 1.60. The molecule has 0 aliphatic heterocycles. The number of carbonyl (C=O) groups excluding carboxylic acids is 2. The van der Waals surface area contributed by atoms with Gasteiger partial charge in [-0.1, -0.05) is 36.4 Å². The number of nitrogens with one attached hydrogen (secondary N) is 1. The van der Waals surface area contributed by atoms with E-state index in [9.17, 15) is 14.7 Å². The number of benzene rings is 1. The lowest BCUT2D eigenvalue weighted by atomic mass is 10.0. The molecule has 0 aliphatic carbocycles. The quantitative estimate of drug-likeness (QED) is 0.731. The van der Waals surface area contributed by atoms with Crippen molar-refractivity contribution in [1.82, 2.24) is 10.2 Å². The Morgan fingerprint density at radius 3 is 2.38 bits per heavy atom. The number of aliphatic hydroxyl groups is 1. The molecule has 0 aromatic heterocycles. The van der Waals surface area contributed by atoms with Crippen LogP contribution in [0.2, 0.25) is 0 Å². The van der Waals surface area contributed by atoms with Gasteiger partial charge in [-0.25, -0.2) is 4.79 Å². The minimum Gasteiger partial charge on any atom is -0.444 e. The van der Waals surface area contributed by atoms with Crippen molar-refractivity contribution in [2.24, 2.45) is 0 Å². The third kappa shape index (κ3) is 6.52. The normalized spacial score (nSPS) is 14.7. The summed E-state index contributed by atoms with van der Waals surface area (Å²) in [6.07, 6.45) is 0.321. The van der Waals surface area contributed by atoms with Crippen LogP contribution in [0.15, 0.2) is 43.0 Å². The van der Waals surface area contributed by atoms with Gasteiger partial charge in [-0.3, -0.25) is 4.79 Å². The zero-order chi connectivity index (χ0) is 19.9. The number of rotatable bonds is 7. The van der Waals surface area contributed by atoms with Crippen LogP contribution in [0.5, 0.6) is 0 Å². The monoisotopic (exact) mass is 362 g/mol. The molecule has 2 N–H and O–H groups in total. The van der Waals surface area contributed by atoms with Crippen LogP contribution in [0.4, 0.5) is 4.79 Å². The van der Waals surface area contributed by atoms with Crippen LogP contribution < -0.4 is 5.32 Å². The Hall–Kier alpha value is -2.34. The molecule has 0 spiro atoms. The number of ether oxygens (including phenoxy) is 1. The van der Waals surface area contributed by atoms with Gasteiger partial charge >= 0.3 is 6.09 Å². The van der Waals surface area contributed by atoms with Crippen LogP contribution in [0.25, 0.3) is 0 Å². The summed E-state index contributed by atoms with van der Waals surface area (Å²) < 4.78 is 5.22. The number of likely N-dealkylation sites (N-methyl/N-ethyl adjacent to an activating group) is 1. The third-order valence-electron chi connectivity index (χ3n) is 3.95. The molecule has 0 radical (unpaired) electrons. The average molecular weight is 362 g/mol. The predicted molar refractivity (Wildman–Crippen MR) is 102 cm³/mol. The second-order valence-corrected chi connectivity index (χ2v) is 7.27. The van der Waals surface area contributed by atoms with Crippen LogP contribution in [0.3, 0.4) is 0 Å². The number of hydrogen-bond acceptors (Lipinski definition) is 4. The summed E-state index contributed by atoms with van der Waals surface area (Å²) in [6, 6.07) is 7.85. The number of aliphatic hydroxyl groups excluding tert-OH is 1.